The molecule has 0 aliphatic carbocycles. The summed E-state index contributed by atoms with van der Waals surface area (Å²) >= 11 is 6.16. The van der Waals surface area contributed by atoms with Gasteiger partial charge in [-0.1, -0.05) is 11.6 Å². The lowest BCUT2D eigenvalue weighted by Crippen LogP contribution is -2.46. The van der Waals surface area contributed by atoms with Gasteiger partial charge in [-0.05, 0) is 38.6 Å². The molecule has 1 aromatic carbocycles. The Balaban J connectivity index is 2.12. The van der Waals surface area contributed by atoms with Gasteiger partial charge in [-0.15, -0.1) is 0 Å². The van der Waals surface area contributed by atoms with Crippen LogP contribution >= 0.6 is 11.6 Å². The number of halogens is 1. The third-order valence-corrected chi connectivity index (χ3v) is 4.23. The van der Waals surface area contributed by atoms with Gasteiger partial charge in [0.25, 0.3) is 0 Å². The van der Waals surface area contributed by atoms with Gasteiger partial charge in [0.05, 0.1) is 18.7 Å². The molecule has 2 rings (SSSR count). The summed E-state index contributed by atoms with van der Waals surface area (Å²) in [4.78, 5) is 17.0. The molecule has 0 unspecified atom stereocenters. The van der Waals surface area contributed by atoms with E-state index in [2.05, 4.69) is 16.8 Å². The Labute approximate surface area is 131 Å². The number of likely N-dealkylation sites (N-methyl/N-ethyl adjacent to an activating group) is 1. The Morgan fingerprint density at radius 3 is 2.57 bits per heavy atom. The van der Waals surface area contributed by atoms with E-state index in [1.165, 1.54) is 0 Å². The summed E-state index contributed by atoms with van der Waals surface area (Å²) in [6.07, 6.45) is 0. The monoisotopic (exact) mass is 310 g/mol. The zero-order chi connectivity index (χ0) is 15.4. The maximum absolute atomic E-state index is 12.6. The van der Waals surface area contributed by atoms with Crippen LogP contribution in [0.15, 0.2) is 12.1 Å². The number of benzene rings is 1. The second-order valence-corrected chi connectivity index (χ2v) is 5.94. The van der Waals surface area contributed by atoms with Gasteiger partial charge in [-0.2, -0.15) is 0 Å². The molecule has 116 valence electrons. The average molecular weight is 311 g/mol. The smallest absolute Gasteiger partial charge is 0.180 e. The van der Waals surface area contributed by atoms with Crippen molar-refractivity contribution in [1.29, 1.82) is 0 Å². The number of ketones is 1. The predicted octanol–water partition coefficient (Wildman–Crippen LogP) is 2.48. The predicted molar refractivity (Wildman–Crippen MR) is 85.6 cm³/mol. The number of piperazine rings is 1. The van der Waals surface area contributed by atoms with Crippen molar-refractivity contribution in [3.63, 3.8) is 0 Å². The van der Waals surface area contributed by atoms with Crippen LogP contribution in [0.3, 0.4) is 0 Å². The maximum Gasteiger partial charge on any atom is 0.180 e. The number of carbonyl (C=O) groups is 1. The van der Waals surface area contributed by atoms with E-state index in [0.29, 0.717) is 29.5 Å². The Kier molecular flexibility index (Phi) is 5.62. The van der Waals surface area contributed by atoms with Crippen molar-refractivity contribution in [3.8, 4) is 5.75 Å². The van der Waals surface area contributed by atoms with Crippen LogP contribution in [-0.2, 0) is 0 Å². The highest BCUT2D eigenvalue weighted by Crippen LogP contribution is 2.27. The van der Waals surface area contributed by atoms with Crippen LogP contribution in [0.2, 0.25) is 5.02 Å². The van der Waals surface area contributed by atoms with Gasteiger partial charge in [0.2, 0.25) is 0 Å². The van der Waals surface area contributed by atoms with Crippen molar-refractivity contribution in [2.75, 3.05) is 46.4 Å². The normalized spacial score (nSPS) is 17.0. The van der Waals surface area contributed by atoms with Crippen LogP contribution in [0.1, 0.15) is 22.8 Å². The van der Waals surface area contributed by atoms with Crippen molar-refractivity contribution in [1.82, 2.24) is 9.80 Å². The average Bonchev–Trinajstić information content (AvgIpc) is 2.45. The van der Waals surface area contributed by atoms with E-state index in [0.717, 1.165) is 31.7 Å². The van der Waals surface area contributed by atoms with Crippen molar-refractivity contribution in [2.45, 2.75) is 13.8 Å². The zero-order valence-corrected chi connectivity index (χ0v) is 13.7. The minimum absolute atomic E-state index is 0.0740. The molecule has 1 fully saturated rings. The Hall–Kier alpha value is -1.10. The molecule has 1 aromatic rings. The first-order valence-corrected chi connectivity index (χ1v) is 7.76. The molecule has 0 saturated carbocycles. The zero-order valence-electron chi connectivity index (χ0n) is 13.0. The molecule has 0 N–H and O–H groups in total. The second-order valence-electron chi connectivity index (χ2n) is 5.53. The van der Waals surface area contributed by atoms with E-state index in [4.69, 9.17) is 16.3 Å². The third-order valence-electron chi connectivity index (χ3n) is 3.82. The van der Waals surface area contributed by atoms with Gasteiger partial charge >= 0.3 is 0 Å². The van der Waals surface area contributed by atoms with Crippen molar-refractivity contribution >= 4 is 17.4 Å². The van der Waals surface area contributed by atoms with Crippen LogP contribution in [0, 0.1) is 6.92 Å². The second kappa shape index (κ2) is 7.25. The number of hydrogen-bond acceptors (Lipinski definition) is 4. The molecule has 1 heterocycles. The van der Waals surface area contributed by atoms with Crippen LogP contribution in [0.4, 0.5) is 0 Å². The molecule has 5 heteroatoms. The maximum atomic E-state index is 12.6. The molecule has 1 saturated heterocycles. The lowest BCUT2D eigenvalue weighted by Gasteiger charge is -2.31. The van der Waals surface area contributed by atoms with Gasteiger partial charge in [-0.25, -0.2) is 0 Å². The summed E-state index contributed by atoms with van der Waals surface area (Å²) in [5.74, 6) is 0.712. The number of rotatable bonds is 5. The van der Waals surface area contributed by atoms with Crippen LogP contribution in [0.25, 0.3) is 0 Å². The van der Waals surface area contributed by atoms with Crippen molar-refractivity contribution in [3.05, 3.63) is 28.3 Å². The highest BCUT2D eigenvalue weighted by atomic mass is 35.5. The first-order valence-electron chi connectivity index (χ1n) is 7.38. The Bertz CT molecular complexity index is 511. The van der Waals surface area contributed by atoms with E-state index in [9.17, 15) is 4.79 Å². The Morgan fingerprint density at radius 1 is 1.29 bits per heavy atom. The molecule has 1 aliphatic rings. The van der Waals surface area contributed by atoms with Gasteiger partial charge in [-0.3, -0.25) is 9.69 Å². The van der Waals surface area contributed by atoms with Gasteiger partial charge in [0.15, 0.2) is 5.78 Å². The third kappa shape index (κ3) is 4.19. The number of Topliss-reactive ketones (excluding diaryl/α,β-unsaturated/α-hetero) is 1. The van der Waals surface area contributed by atoms with E-state index < -0.39 is 0 Å². The lowest BCUT2D eigenvalue weighted by atomic mass is 10.1. The summed E-state index contributed by atoms with van der Waals surface area (Å²) in [5.41, 5.74) is 1.52. The molecule has 0 amide bonds. The summed E-state index contributed by atoms with van der Waals surface area (Å²) in [5, 5.41) is 0.611. The quantitative estimate of drug-likeness (QED) is 0.782. The summed E-state index contributed by atoms with van der Waals surface area (Å²) in [7, 11) is 2.10. The highest BCUT2D eigenvalue weighted by Gasteiger charge is 2.20. The molecule has 1 aliphatic heterocycles. The molecule has 0 aromatic heterocycles. The first-order chi connectivity index (χ1) is 10.0. The largest absolute Gasteiger partial charge is 0.493 e. The number of carbonyl (C=O) groups excluding carboxylic acids is 1. The van der Waals surface area contributed by atoms with Crippen LogP contribution in [-0.4, -0.2) is 62.0 Å². The number of hydrogen-bond donors (Lipinski definition) is 0. The molecule has 0 spiro atoms. The van der Waals surface area contributed by atoms with E-state index in [1.54, 1.807) is 6.07 Å². The SMILES string of the molecule is CCOc1cc(C)c(Cl)cc1C(=O)CN1CCN(C)CC1. The van der Waals surface area contributed by atoms with E-state index in [-0.39, 0.29) is 5.78 Å². The minimum Gasteiger partial charge on any atom is -0.493 e. The number of ether oxygens (including phenoxy) is 1. The molecule has 4 nitrogen and oxygen atoms in total. The Morgan fingerprint density at radius 2 is 1.95 bits per heavy atom. The molecule has 21 heavy (non-hydrogen) atoms. The van der Waals surface area contributed by atoms with Gasteiger partial charge < -0.3 is 9.64 Å². The summed E-state index contributed by atoms with van der Waals surface area (Å²) in [6, 6.07) is 3.59. The fourth-order valence-corrected chi connectivity index (χ4v) is 2.61. The molecule has 0 atom stereocenters. The summed E-state index contributed by atoms with van der Waals surface area (Å²) < 4.78 is 5.59. The fraction of sp³-hybridized carbons (Fsp3) is 0.562. The number of nitrogens with zero attached hydrogens (tertiary/aromatic N) is 2. The van der Waals surface area contributed by atoms with Crippen LogP contribution < -0.4 is 4.74 Å². The summed E-state index contributed by atoms with van der Waals surface area (Å²) in [6.45, 7) is 8.64. The van der Waals surface area contributed by atoms with E-state index >= 15 is 0 Å². The lowest BCUT2D eigenvalue weighted by molar-refractivity contribution is 0.0873. The van der Waals surface area contributed by atoms with Gasteiger partial charge in [0.1, 0.15) is 5.75 Å². The standard InChI is InChI=1S/C16H23ClN2O2/c1-4-21-16-9-12(2)14(17)10-13(16)15(20)11-19-7-5-18(3)6-8-19/h9-10H,4-8,11H2,1-3H3. The van der Waals surface area contributed by atoms with Crippen LogP contribution in [0.5, 0.6) is 5.75 Å². The van der Waals surface area contributed by atoms with E-state index in [1.807, 2.05) is 19.9 Å². The van der Waals surface area contributed by atoms with Crippen molar-refractivity contribution in [2.24, 2.45) is 0 Å². The molecular formula is C16H23ClN2O2. The van der Waals surface area contributed by atoms with Gasteiger partial charge in [0, 0.05) is 31.2 Å². The number of aryl methyl sites for hydroxylation is 1. The molecule has 0 bridgehead atoms. The topological polar surface area (TPSA) is 32.8 Å². The highest BCUT2D eigenvalue weighted by molar-refractivity contribution is 6.31. The molecular weight excluding hydrogens is 288 g/mol. The molecule has 0 radical (unpaired) electrons. The van der Waals surface area contributed by atoms with Crippen molar-refractivity contribution < 1.29 is 9.53 Å². The first kappa shape index (κ1) is 16.3. The fourth-order valence-electron chi connectivity index (χ4n) is 2.44. The minimum atomic E-state index is 0.0740.